The molecule has 1 aliphatic heterocycles. The van der Waals surface area contributed by atoms with E-state index < -0.39 is 0 Å². The van der Waals surface area contributed by atoms with E-state index in [1.165, 1.54) is 12.1 Å². The third kappa shape index (κ3) is 4.06. The standard InChI is InChI=1S/C22H22FN3O2/c1-15-10-16(2)26(24-15)13-19-12-21(25-28-19)20-11-18(23)8-9-22(20)27-14-17-6-4-3-5-7-17/h3-11,19H,12-14H2,1-2H3/t19-/m1/s1. The molecule has 1 aromatic heterocycles. The zero-order valence-electron chi connectivity index (χ0n) is 15.9. The predicted octanol–water partition coefficient (Wildman–Crippen LogP) is 4.41. The van der Waals surface area contributed by atoms with Crippen LogP contribution in [-0.4, -0.2) is 21.6 Å². The molecule has 6 heteroatoms. The highest BCUT2D eigenvalue weighted by atomic mass is 19.1. The van der Waals surface area contributed by atoms with Crippen LogP contribution in [0.5, 0.6) is 5.75 Å². The lowest BCUT2D eigenvalue weighted by molar-refractivity contribution is 0.0692. The van der Waals surface area contributed by atoms with Crippen LogP contribution in [0.3, 0.4) is 0 Å². The molecule has 0 bridgehead atoms. The first-order valence-electron chi connectivity index (χ1n) is 9.29. The SMILES string of the molecule is Cc1cc(C)n(C[C@H]2CC(c3cc(F)ccc3OCc3ccccc3)=NO2)n1. The molecule has 144 valence electrons. The van der Waals surface area contributed by atoms with Crippen LogP contribution in [0.4, 0.5) is 4.39 Å². The zero-order chi connectivity index (χ0) is 19.5. The molecular formula is C22H22FN3O2. The van der Waals surface area contributed by atoms with Gasteiger partial charge in [-0.3, -0.25) is 4.68 Å². The molecule has 0 N–H and O–H groups in total. The molecule has 3 aromatic rings. The van der Waals surface area contributed by atoms with Gasteiger partial charge in [0.1, 0.15) is 18.2 Å². The van der Waals surface area contributed by atoms with Crippen molar-refractivity contribution in [1.82, 2.24) is 9.78 Å². The highest BCUT2D eigenvalue weighted by Crippen LogP contribution is 2.27. The number of ether oxygens (including phenoxy) is 1. The van der Waals surface area contributed by atoms with Crippen molar-refractivity contribution >= 4 is 5.71 Å². The molecule has 0 saturated heterocycles. The lowest BCUT2D eigenvalue weighted by atomic mass is 10.0. The summed E-state index contributed by atoms with van der Waals surface area (Å²) >= 11 is 0. The summed E-state index contributed by atoms with van der Waals surface area (Å²) in [4.78, 5) is 5.59. The molecule has 0 aliphatic carbocycles. The van der Waals surface area contributed by atoms with Crippen LogP contribution in [0.2, 0.25) is 0 Å². The summed E-state index contributed by atoms with van der Waals surface area (Å²) in [5.41, 5.74) is 4.41. The quantitative estimate of drug-likeness (QED) is 0.637. The Labute approximate surface area is 163 Å². The molecule has 5 nitrogen and oxygen atoms in total. The molecule has 0 radical (unpaired) electrons. The van der Waals surface area contributed by atoms with Gasteiger partial charge in [-0.15, -0.1) is 0 Å². The second-order valence-electron chi connectivity index (χ2n) is 6.99. The van der Waals surface area contributed by atoms with E-state index in [1.54, 1.807) is 6.07 Å². The largest absolute Gasteiger partial charge is 0.488 e. The minimum absolute atomic E-state index is 0.141. The first-order valence-corrected chi connectivity index (χ1v) is 9.29. The van der Waals surface area contributed by atoms with Gasteiger partial charge in [0, 0.05) is 17.7 Å². The first kappa shape index (κ1) is 18.2. The second kappa shape index (κ2) is 7.84. The van der Waals surface area contributed by atoms with Crippen molar-refractivity contribution in [3.05, 3.63) is 82.9 Å². The summed E-state index contributed by atoms with van der Waals surface area (Å²) in [5, 5.41) is 8.67. The van der Waals surface area contributed by atoms with E-state index in [0.717, 1.165) is 17.0 Å². The molecule has 2 heterocycles. The average Bonchev–Trinajstić information content (AvgIpc) is 3.28. The molecule has 0 saturated carbocycles. The van der Waals surface area contributed by atoms with Gasteiger partial charge in [-0.2, -0.15) is 5.10 Å². The fraction of sp³-hybridized carbons (Fsp3) is 0.273. The average molecular weight is 379 g/mol. The minimum Gasteiger partial charge on any atom is -0.488 e. The van der Waals surface area contributed by atoms with Gasteiger partial charge < -0.3 is 9.57 Å². The van der Waals surface area contributed by atoms with Crippen molar-refractivity contribution in [3.63, 3.8) is 0 Å². The fourth-order valence-electron chi connectivity index (χ4n) is 3.33. The van der Waals surface area contributed by atoms with Crippen molar-refractivity contribution in [2.75, 3.05) is 0 Å². The number of rotatable bonds is 6. The molecule has 1 aliphatic rings. The topological polar surface area (TPSA) is 48.6 Å². The Morgan fingerprint density at radius 2 is 1.96 bits per heavy atom. The minimum atomic E-state index is -0.327. The lowest BCUT2D eigenvalue weighted by Gasteiger charge is -2.12. The van der Waals surface area contributed by atoms with Crippen molar-refractivity contribution < 1.29 is 14.0 Å². The Hall–Kier alpha value is -3.15. The number of halogens is 1. The number of benzene rings is 2. The number of hydrogen-bond donors (Lipinski definition) is 0. The summed E-state index contributed by atoms with van der Waals surface area (Å²) in [7, 11) is 0. The van der Waals surface area contributed by atoms with Gasteiger partial charge in [0.2, 0.25) is 0 Å². The Balaban J connectivity index is 1.47. The van der Waals surface area contributed by atoms with Crippen LogP contribution in [-0.2, 0) is 18.0 Å². The molecule has 0 amide bonds. The predicted molar refractivity (Wildman–Crippen MR) is 105 cm³/mol. The van der Waals surface area contributed by atoms with Gasteiger partial charge >= 0.3 is 0 Å². The summed E-state index contributed by atoms with van der Waals surface area (Å²) < 4.78 is 21.8. The molecule has 1 atom stereocenters. The van der Waals surface area contributed by atoms with E-state index >= 15 is 0 Å². The van der Waals surface area contributed by atoms with Gasteiger partial charge in [-0.1, -0.05) is 35.5 Å². The van der Waals surface area contributed by atoms with Crippen molar-refractivity contribution in [3.8, 4) is 5.75 Å². The number of nitrogens with zero attached hydrogens (tertiary/aromatic N) is 3. The maximum atomic E-state index is 13.9. The number of aromatic nitrogens is 2. The Morgan fingerprint density at radius 1 is 1.14 bits per heavy atom. The number of hydrogen-bond acceptors (Lipinski definition) is 4. The maximum Gasteiger partial charge on any atom is 0.152 e. The van der Waals surface area contributed by atoms with Crippen LogP contribution >= 0.6 is 0 Å². The van der Waals surface area contributed by atoms with Crippen LogP contribution in [0, 0.1) is 19.7 Å². The summed E-state index contributed by atoms with van der Waals surface area (Å²) in [5.74, 6) is 0.270. The van der Waals surface area contributed by atoms with Gasteiger partial charge in [0.15, 0.2) is 6.10 Å². The van der Waals surface area contributed by atoms with Crippen molar-refractivity contribution in [2.24, 2.45) is 5.16 Å². The van der Waals surface area contributed by atoms with E-state index in [1.807, 2.05) is 54.9 Å². The molecule has 0 unspecified atom stereocenters. The zero-order valence-corrected chi connectivity index (χ0v) is 15.9. The lowest BCUT2D eigenvalue weighted by Crippen LogP contribution is -2.19. The summed E-state index contributed by atoms with van der Waals surface area (Å²) in [6.45, 7) is 4.98. The maximum absolute atomic E-state index is 13.9. The second-order valence-corrected chi connectivity index (χ2v) is 6.99. The van der Waals surface area contributed by atoms with E-state index in [0.29, 0.717) is 36.6 Å². The molecular weight excluding hydrogens is 357 g/mol. The molecule has 2 aromatic carbocycles. The van der Waals surface area contributed by atoms with Crippen LogP contribution in [0.1, 0.15) is 28.9 Å². The van der Waals surface area contributed by atoms with E-state index in [-0.39, 0.29) is 11.9 Å². The highest BCUT2D eigenvalue weighted by Gasteiger charge is 2.26. The van der Waals surface area contributed by atoms with Crippen LogP contribution < -0.4 is 4.74 Å². The third-order valence-electron chi connectivity index (χ3n) is 4.70. The van der Waals surface area contributed by atoms with Gasteiger partial charge in [-0.25, -0.2) is 4.39 Å². The van der Waals surface area contributed by atoms with Crippen molar-refractivity contribution in [2.45, 2.75) is 39.5 Å². The number of oxime groups is 1. The Morgan fingerprint density at radius 3 is 2.71 bits per heavy atom. The monoisotopic (exact) mass is 379 g/mol. The van der Waals surface area contributed by atoms with Gasteiger partial charge in [-0.05, 0) is 43.7 Å². The highest BCUT2D eigenvalue weighted by molar-refractivity contribution is 6.03. The molecule has 4 rings (SSSR count). The van der Waals surface area contributed by atoms with Gasteiger partial charge in [0.25, 0.3) is 0 Å². The van der Waals surface area contributed by atoms with Crippen LogP contribution in [0.15, 0.2) is 59.8 Å². The molecule has 0 fully saturated rings. The number of aryl methyl sites for hydroxylation is 2. The van der Waals surface area contributed by atoms with Crippen molar-refractivity contribution in [1.29, 1.82) is 0 Å². The Kier molecular flexibility index (Phi) is 5.10. The molecule has 0 spiro atoms. The summed E-state index contributed by atoms with van der Waals surface area (Å²) in [6, 6.07) is 16.4. The first-order chi connectivity index (χ1) is 13.6. The van der Waals surface area contributed by atoms with Gasteiger partial charge in [0.05, 0.1) is 18.0 Å². The van der Waals surface area contributed by atoms with E-state index in [9.17, 15) is 4.39 Å². The summed E-state index contributed by atoms with van der Waals surface area (Å²) in [6.07, 6.45) is 0.432. The molecule has 28 heavy (non-hydrogen) atoms. The fourth-order valence-corrected chi connectivity index (χ4v) is 3.33. The van der Waals surface area contributed by atoms with Crippen LogP contribution in [0.25, 0.3) is 0 Å². The third-order valence-corrected chi connectivity index (χ3v) is 4.70. The van der Waals surface area contributed by atoms with E-state index in [4.69, 9.17) is 9.57 Å². The smallest absolute Gasteiger partial charge is 0.152 e. The normalized spacial score (nSPS) is 16.0. The Bertz CT molecular complexity index is 998. The van der Waals surface area contributed by atoms with E-state index in [2.05, 4.69) is 10.3 Å².